The summed E-state index contributed by atoms with van der Waals surface area (Å²) in [7, 11) is -0.350. The van der Waals surface area contributed by atoms with Crippen LogP contribution in [0.3, 0.4) is 0 Å². The summed E-state index contributed by atoms with van der Waals surface area (Å²) in [5.74, 6) is 1.73. The van der Waals surface area contributed by atoms with E-state index in [9.17, 15) is 0 Å². The summed E-state index contributed by atoms with van der Waals surface area (Å²) in [5, 5.41) is 1.07. The van der Waals surface area contributed by atoms with Crippen LogP contribution in [0.15, 0.2) is 121 Å². The molecule has 5 aromatic carbocycles. The van der Waals surface area contributed by atoms with Gasteiger partial charge in [-0.05, 0) is 96.4 Å². The second-order valence-electron chi connectivity index (χ2n) is 12.7. The zero-order chi connectivity index (χ0) is 30.1. The van der Waals surface area contributed by atoms with Crippen molar-refractivity contribution in [2.45, 2.75) is 38.9 Å². The lowest BCUT2D eigenvalue weighted by Crippen LogP contribution is -2.41. The van der Waals surface area contributed by atoms with Crippen molar-refractivity contribution in [1.82, 2.24) is 4.98 Å². The number of benzene rings is 5. The highest BCUT2D eigenvalue weighted by atomic mass is 16.7. The van der Waals surface area contributed by atoms with Gasteiger partial charge in [0.2, 0.25) is 0 Å². The summed E-state index contributed by atoms with van der Waals surface area (Å²) in [6.45, 7) is 8.32. The van der Waals surface area contributed by atoms with Crippen molar-refractivity contribution in [3.63, 3.8) is 0 Å². The van der Waals surface area contributed by atoms with Crippen molar-refractivity contribution in [3.05, 3.63) is 121 Å². The number of fused-ring (bicyclic) bond motifs is 2. The smallest absolute Gasteiger partial charge is 0.456 e. The van der Waals surface area contributed by atoms with E-state index in [2.05, 4.69) is 136 Å². The second kappa shape index (κ2) is 9.92. The maximum atomic E-state index is 6.35. The molecule has 6 aromatic rings. The van der Waals surface area contributed by atoms with E-state index >= 15 is 0 Å². The molecule has 0 bridgehead atoms. The van der Waals surface area contributed by atoms with E-state index in [1.807, 2.05) is 12.1 Å². The first-order chi connectivity index (χ1) is 21.3. The van der Waals surface area contributed by atoms with E-state index in [4.69, 9.17) is 14.0 Å². The van der Waals surface area contributed by atoms with Crippen LogP contribution in [0.25, 0.3) is 55.4 Å². The van der Waals surface area contributed by atoms with Crippen LogP contribution in [-0.4, -0.2) is 23.3 Å². The Bertz CT molecular complexity index is 2010. The van der Waals surface area contributed by atoms with E-state index in [0.717, 1.165) is 55.7 Å². The molecule has 0 N–H and O–H groups in total. The van der Waals surface area contributed by atoms with Gasteiger partial charge in [0.25, 0.3) is 0 Å². The van der Waals surface area contributed by atoms with E-state index in [0.29, 0.717) is 0 Å². The van der Waals surface area contributed by atoms with Crippen LogP contribution in [0.4, 0.5) is 0 Å². The summed E-state index contributed by atoms with van der Waals surface area (Å²) in [4.78, 5) is 4.51. The van der Waals surface area contributed by atoms with Gasteiger partial charge in [-0.3, -0.25) is 4.98 Å². The molecule has 8 rings (SSSR count). The van der Waals surface area contributed by atoms with Crippen molar-refractivity contribution in [2.75, 3.05) is 0 Å². The van der Waals surface area contributed by atoms with Gasteiger partial charge in [-0.2, -0.15) is 0 Å². The fourth-order valence-corrected chi connectivity index (χ4v) is 6.13. The van der Waals surface area contributed by atoms with Crippen molar-refractivity contribution in [2.24, 2.45) is 0 Å². The van der Waals surface area contributed by atoms with Crippen molar-refractivity contribution >= 4 is 23.5 Å². The van der Waals surface area contributed by atoms with Gasteiger partial charge in [0.05, 0.1) is 22.1 Å². The summed E-state index contributed by atoms with van der Waals surface area (Å²) in [6, 6.07) is 40.6. The maximum Gasteiger partial charge on any atom is 0.494 e. The zero-order valence-corrected chi connectivity index (χ0v) is 25.3. The number of hydrogen-bond donors (Lipinski definition) is 0. The molecule has 0 spiro atoms. The molecule has 0 atom stereocenters. The minimum Gasteiger partial charge on any atom is -0.456 e. The Hall–Kier alpha value is -4.71. The first-order valence-corrected chi connectivity index (χ1v) is 15.1. The SMILES string of the molecule is CC1(C)OB(c2ccc(-c3ccc(-c4ccc(-c5ccc6c(c5)Oc5ccnc7cccc-6c57)cc4)cc3)cc2)OC1(C)C. The number of rotatable bonds is 4. The van der Waals surface area contributed by atoms with Crippen LogP contribution in [0, 0.1) is 0 Å². The van der Waals surface area contributed by atoms with Crippen LogP contribution in [0.5, 0.6) is 11.5 Å². The first-order valence-electron chi connectivity index (χ1n) is 15.1. The van der Waals surface area contributed by atoms with Crippen LogP contribution in [0.1, 0.15) is 27.7 Å². The van der Waals surface area contributed by atoms with Gasteiger partial charge in [0, 0.05) is 11.8 Å². The molecule has 2 aliphatic heterocycles. The molecule has 0 aliphatic carbocycles. The van der Waals surface area contributed by atoms with E-state index in [1.54, 1.807) is 6.20 Å². The summed E-state index contributed by atoms with van der Waals surface area (Å²) in [5.41, 5.74) is 10.5. The fraction of sp³-hybridized carbons (Fsp3) is 0.154. The Morgan fingerprint density at radius 1 is 0.523 bits per heavy atom. The number of nitrogens with zero attached hydrogens (tertiary/aromatic N) is 1. The van der Waals surface area contributed by atoms with Gasteiger partial charge < -0.3 is 14.0 Å². The lowest BCUT2D eigenvalue weighted by molar-refractivity contribution is 0.00578. The lowest BCUT2D eigenvalue weighted by atomic mass is 9.78. The predicted molar refractivity (Wildman–Crippen MR) is 179 cm³/mol. The summed E-state index contributed by atoms with van der Waals surface area (Å²) in [6.07, 6.45) is 1.81. The van der Waals surface area contributed by atoms with Gasteiger partial charge in [-0.15, -0.1) is 0 Å². The third-order valence-electron chi connectivity index (χ3n) is 9.43. The Balaban J connectivity index is 0.997. The Morgan fingerprint density at radius 2 is 1.05 bits per heavy atom. The molecular weight excluding hydrogens is 541 g/mol. The van der Waals surface area contributed by atoms with Crippen LogP contribution >= 0.6 is 0 Å². The number of aromatic nitrogens is 1. The highest BCUT2D eigenvalue weighted by Crippen LogP contribution is 2.47. The highest BCUT2D eigenvalue weighted by molar-refractivity contribution is 6.62. The Labute approximate surface area is 258 Å². The largest absolute Gasteiger partial charge is 0.494 e. The molecule has 1 aromatic heterocycles. The minimum atomic E-state index is -0.350. The molecule has 0 saturated carbocycles. The maximum absolute atomic E-state index is 6.35. The standard InChI is InChI=1S/C39H32BNO3/c1-38(2)39(3,4)44-40(43-38)31-19-16-28(17-20-31)27-10-8-25(9-11-27)26-12-14-29(15-13-26)30-18-21-32-33-6-5-7-34-37(33)35(22-23-41-34)42-36(32)24-30/h5-24H,1-4H3. The fourth-order valence-electron chi connectivity index (χ4n) is 6.13. The molecule has 3 heterocycles. The van der Waals surface area contributed by atoms with E-state index < -0.39 is 0 Å². The topological polar surface area (TPSA) is 40.6 Å². The summed E-state index contributed by atoms with van der Waals surface area (Å²) >= 11 is 0. The van der Waals surface area contributed by atoms with Crippen molar-refractivity contribution in [1.29, 1.82) is 0 Å². The van der Waals surface area contributed by atoms with E-state index in [-0.39, 0.29) is 18.3 Å². The Kier molecular flexibility index (Phi) is 6.06. The van der Waals surface area contributed by atoms with Crippen molar-refractivity contribution < 1.29 is 14.0 Å². The molecule has 1 fully saturated rings. The third-order valence-corrected chi connectivity index (χ3v) is 9.43. The van der Waals surface area contributed by atoms with Gasteiger partial charge in [0.15, 0.2) is 0 Å². The van der Waals surface area contributed by atoms with Gasteiger partial charge in [-0.1, -0.05) is 91.0 Å². The van der Waals surface area contributed by atoms with Gasteiger partial charge in [0.1, 0.15) is 11.5 Å². The molecule has 0 unspecified atom stereocenters. The first kappa shape index (κ1) is 26.9. The van der Waals surface area contributed by atoms with E-state index in [1.165, 1.54) is 16.7 Å². The molecule has 5 heteroatoms. The molecule has 1 saturated heterocycles. The van der Waals surface area contributed by atoms with Gasteiger partial charge in [-0.25, -0.2) is 0 Å². The number of hydrogen-bond acceptors (Lipinski definition) is 4. The monoisotopic (exact) mass is 573 g/mol. The predicted octanol–water partition coefficient (Wildman–Crippen LogP) is 9.31. The minimum absolute atomic E-state index is 0.347. The molecule has 2 aliphatic rings. The van der Waals surface area contributed by atoms with Crippen LogP contribution in [-0.2, 0) is 9.31 Å². The highest BCUT2D eigenvalue weighted by Gasteiger charge is 2.51. The zero-order valence-electron chi connectivity index (χ0n) is 25.3. The molecule has 4 nitrogen and oxygen atoms in total. The lowest BCUT2D eigenvalue weighted by Gasteiger charge is -2.32. The van der Waals surface area contributed by atoms with Crippen LogP contribution in [0.2, 0.25) is 0 Å². The third kappa shape index (κ3) is 4.43. The average molecular weight is 574 g/mol. The Morgan fingerprint density at radius 3 is 1.64 bits per heavy atom. The molecule has 0 amide bonds. The number of ether oxygens (including phenoxy) is 1. The molecular formula is C39H32BNO3. The normalized spacial score (nSPS) is 16.0. The molecule has 0 radical (unpaired) electrons. The van der Waals surface area contributed by atoms with Gasteiger partial charge >= 0.3 is 7.12 Å². The summed E-state index contributed by atoms with van der Waals surface area (Å²) < 4.78 is 18.8. The van der Waals surface area contributed by atoms with Crippen molar-refractivity contribution in [3.8, 4) is 56.0 Å². The second-order valence-corrected chi connectivity index (χ2v) is 12.7. The molecule has 44 heavy (non-hydrogen) atoms. The molecule has 214 valence electrons. The average Bonchev–Trinajstić information content (AvgIpc) is 3.27. The van der Waals surface area contributed by atoms with Crippen LogP contribution < -0.4 is 10.2 Å². The number of pyridine rings is 1. The quantitative estimate of drug-likeness (QED) is 0.197.